The Hall–Kier alpha value is -1.17. The summed E-state index contributed by atoms with van der Waals surface area (Å²) < 4.78 is 0.789. The summed E-state index contributed by atoms with van der Waals surface area (Å²) in [7, 11) is 0. The molecule has 1 N–H and O–H groups in total. The molecule has 3 nitrogen and oxygen atoms in total. The molecule has 4 heteroatoms. The average Bonchev–Trinajstić information content (AvgIpc) is 2.35. The summed E-state index contributed by atoms with van der Waals surface area (Å²) in [6.45, 7) is 5.76. The van der Waals surface area contributed by atoms with Gasteiger partial charge in [-0.15, -0.1) is 0 Å². The number of hydrogen-bond donors (Lipinski definition) is 1. The lowest BCUT2D eigenvalue weighted by molar-refractivity contribution is -0.117. The lowest BCUT2D eigenvalue weighted by atomic mass is 9.79. The van der Waals surface area contributed by atoms with Crippen LogP contribution in [0.1, 0.15) is 44.0 Å². The highest BCUT2D eigenvalue weighted by molar-refractivity contribution is 14.1. The number of anilines is 1. The molecule has 1 aliphatic carbocycles. The van der Waals surface area contributed by atoms with Crippen molar-refractivity contribution in [1.29, 1.82) is 0 Å². The number of nitrogens with one attached hydrogen (secondary N) is 1. The van der Waals surface area contributed by atoms with E-state index in [1.54, 1.807) is 19.1 Å². The lowest BCUT2D eigenvalue weighted by Crippen LogP contribution is -2.26. The number of halogens is 1. The maximum absolute atomic E-state index is 12.0. The third-order valence-electron chi connectivity index (χ3n) is 3.39. The number of benzene rings is 1. The van der Waals surface area contributed by atoms with Crippen molar-refractivity contribution in [2.45, 2.75) is 33.6 Å². The summed E-state index contributed by atoms with van der Waals surface area (Å²) in [5.41, 5.74) is 2.57. The van der Waals surface area contributed by atoms with Crippen molar-refractivity contribution >= 4 is 39.8 Å². The summed E-state index contributed by atoms with van der Waals surface area (Å²) in [5, 5.41) is 3.32. The van der Waals surface area contributed by atoms with Crippen LogP contribution in [0, 0.1) is 5.41 Å². The fourth-order valence-corrected chi connectivity index (χ4v) is 2.88. The SMILES string of the molecule is CC(=O)c1ccc(NC2=C(I)C(=O)CC(C)(C)C2)cc1. The quantitative estimate of drug-likeness (QED) is 0.624. The lowest BCUT2D eigenvalue weighted by Gasteiger charge is -2.31. The van der Waals surface area contributed by atoms with Gasteiger partial charge in [0.15, 0.2) is 11.6 Å². The number of Topliss-reactive ketones (excluding diaryl/α,β-unsaturated/α-hetero) is 2. The number of carbonyl (C=O) groups is 2. The molecule has 0 bridgehead atoms. The molecule has 0 aliphatic heterocycles. The van der Waals surface area contributed by atoms with Crippen molar-refractivity contribution in [2.24, 2.45) is 5.41 Å². The summed E-state index contributed by atoms with van der Waals surface area (Å²) in [6, 6.07) is 7.35. The molecule has 20 heavy (non-hydrogen) atoms. The Bertz CT molecular complexity index is 585. The first kappa shape index (κ1) is 15.2. The van der Waals surface area contributed by atoms with Crippen LogP contribution >= 0.6 is 22.6 Å². The summed E-state index contributed by atoms with van der Waals surface area (Å²) >= 11 is 2.12. The van der Waals surface area contributed by atoms with Crippen LogP contribution in [-0.4, -0.2) is 11.6 Å². The zero-order valence-corrected chi connectivity index (χ0v) is 14.1. The molecule has 0 radical (unpaired) electrons. The van der Waals surface area contributed by atoms with E-state index in [0.717, 1.165) is 21.4 Å². The average molecular weight is 383 g/mol. The van der Waals surface area contributed by atoms with Gasteiger partial charge in [0, 0.05) is 23.4 Å². The molecule has 0 amide bonds. The number of allylic oxidation sites excluding steroid dienone is 2. The van der Waals surface area contributed by atoms with Gasteiger partial charge in [0.1, 0.15) is 0 Å². The Morgan fingerprint density at radius 1 is 1.20 bits per heavy atom. The molecule has 0 spiro atoms. The topological polar surface area (TPSA) is 46.2 Å². The minimum absolute atomic E-state index is 0.00653. The molecule has 0 atom stereocenters. The highest BCUT2D eigenvalue weighted by Gasteiger charge is 2.31. The highest BCUT2D eigenvalue weighted by atomic mass is 127. The van der Waals surface area contributed by atoms with Crippen LogP contribution in [0.15, 0.2) is 33.5 Å². The second-order valence-corrected chi connectivity index (χ2v) is 7.07. The zero-order chi connectivity index (χ0) is 14.9. The van der Waals surface area contributed by atoms with Crippen LogP contribution in [-0.2, 0) is 4.79 Å². The van der Waals surface area contributed by atoms with Crippen LogP contribution in [0.2, 0.25) is 0 Å². The molecule has 1 aromatic carbocycles. The van der Waals surface area contributed by atoms with E-state index < -0.39 is 0 Å². The molecular formula is C16H18INO2. The molecule has 1 aliphatic rings. The fourth-order valence-electron chi connectivity index (χ4n) is 2.36. The van der Waals surface area contributed by atoms with E-state index in [9.17, 15) is 9.59 Å². The first-order valence-corrected chi connectivity index (χ1v) is 7.66. The summed E-state index contributed by atoms with van der Waals surface area (Å²) in [6.07, 6.45) is 1.45. The molecule has 0 unspecified atom stereocenters. The maximum Gasteiger partial charge on any atom is 0.171 e. The molecule has 0 fully saturated rings. The third kappa shape index (κ3) is 3.48. The molecule has 106 valence electrons. The predicted octanol–water partition coefficient (Wildman–Crippen LogP) is 4.34. The van der Waals surface area contributed by atoms with Crippen LogP contribution in [0.25, 0.3) is 0 Å². The molecule has 2 rings (SSSR count). The van der Waals surface area contributed by atoms with E-state index in [0.29, 0.717) is 12.0 Å². The van der Waals surface area contributed by atoms with Crippen LogP contribution in [0.4, 0.5) is 5.69 Å². The molecular weight excluding hydrogens is 365 g/mol. The summed E-state index contributed by atoms with van der Waals surface area (Å²) in [4.78, 5) is 23.3. The van der Waals surface area contributed by atoms with Gasteiger partial charge in [0.25, 0.3) is 0 Å². The van der Waals surface area contributed by atoms with Crippen LogP contribution < -0.4 is 5.32 Å². The normalized spacial score (nSPS) is 18.1. The molecule has 0 aromatic heterocycles. The van der Waals surface area contributed by atoms with Crippen molar-refractivity contribution in [3.05, 3.63) is 39.1 Å². The Labute approximate surface area is 133 Å². The summed E-state index contributed by atoms with van der Waals surface area (Å²) in [5.74, 6) is 0.254. The van der Waals surface area contributed by atoms with Crippen molar-refractivity contribution in [2.75, 3.05) is 5.32 Å². The van der Waals surface area contributed by atoms with E-state index in [2.05, 4.69) is 41.8 Å². The van der Waals surface area contributed by atoms with Gasteiger partial charge in [-0.1, -0.05) is 13.8 Å². The van der Waals surface area contributed by atoms with Gasteiger partial charge in [-0.05, 0) is 65.6 Å². The van der Waals surface area contributed by atoms with Crippen LogP contribution in [0.5, 0.6) is 0 Å². The molecule has 0 saturated heterocycles. The Balaban J connectivity index is 2.22. The van der Waals surface area contributed by atoms with E-state index in [1.165, 1.54) is 0 Å². The molecule has 0 saturated carbocycles. The van der Waals surface area contributed by atoms with Gasteiger partial charge in [-0.25, -0.2) is 0 Å². The molecule has 0 heterocycles. The van der Waals surface area contributed by atoms with Crippen molar-refractivity contribution in [3.8, 4) is 0 Å². The Morgan fingerprint density at radius 2 is 1.80 bits per heavy atom. The van der Waals surface area contributed by atoms with E-state index in [1.807, 2.05) is 12.1 Å². The smallest absolute Gasteiger partial charge is 0.171 e. The molecule has 1 aromatic rings. The third-order valence-corrected chi connectivity index (χ3v) is 4.64. The van der Waals surface area contributed by atoms with E-state index in [4.69, 9.17) is 0 Å². The highest BCUT2D eigenvalue weighted by Crippen LogP contribution is 2.39. The number of hydrogen-bond acceptors (Lipinski definition) is 3. The van der Waals surface area contributed by atoms with E-state index >= 15 is 0 Å². The van der Waals surface area contributed by atoms with Gasteiger partial charge >= 0.3 is 0 Å². The van der Waals surface area contributed by atoms with Crippen molar-refractivity contribution < 1.29 is 9.59 Å². The minimum atomic E-state index is -0.00653. The fraction of sp³-hybridized carbons (Fsp3) is 0.375. The second kappa shape index (κ2) is 5.68. The number of rotatable bonds is 3. The van der Waals surface area contributed by atoms with Gasteiger partial charge < -0.3 is 5.32 Å². The Kier molecular flexibility index (Phi) is 4.32. The maximum atomic E-state index is 12.0. The second-order valence-electron chi connectivity index (χ2n) is 5.99. The van der Waals surface area contributed by atoms with Gasteiger partial charge in [0.05, 0.1) is 3.58 Å². The minimum Gasteiger partial charge on any atom is -0.358 e. The van der Waals surface area contributed by atoms with Gasteiger partial charge in [0.2, 0.25) is 0 Å². The largest absolute Gasteiger partial charge is 0.358 e. The first-order chi connectivity index (χ1) is 9.28. The van der Waals surface area contributed by atoms with Gasteiger partial charge in [-0.3, -0.25) is 9.59 Å². The standard InChI is InChI=1S/C16H18INO2/c1-10(19)11-4-6-12(7-5-11)18-13-8-16(2,3)9-14(20)15(13)17/h4-7,18H,8-9H2,1-3H3. The number of ketones is 2. The van der Waals surface area contributed by atoms with Crippen molar-refractivity contribution in [3.63, 3.8) is 0 Å². The van der Waals surface area contributed by atoms with E-state index in [-0.39, 0.29) is 17.0 Å². The number of carbonyl (C=O) groups excluding carboxylic acids is 2. The van der Waals surface area contributed by atoms with Crippen LogP contribution in [0.3, 0.4) is 0 Å². The van der Waals surface area contributed by atoms with Crippen molar-refractivity contribution in [1.82, 2.24) is 0 Å². The first-order valence-electron chi connectivity index (χ1n) is 6.58. The monoisotopic (exact) mass is 383 g/mol. The Morgan fingerprint density at radius 3 is 2.35 bits per heavy atom. The van der Waals surface area contributed by atoms with Gasteiger partial charge in [-0.2, -0.15) is 0 Å². The zero-order valence-electron chi connectivity index (χ0n) is 11.9. The predicted molar refractivity (Wildman–Crippen MR) is 89.1 cm³/mol.